The molecule has 0 unspecified atom stereocenters. The summed E-state index contributed by atoms with van der Waals surface area (Å²) < 4.78 is 15.9. The van der Waals surface area contributed by atoms with Gasteiger partial charge in [-0.25, -0.2) is 9.37 Å². The van der Waals surface area contributed by atoms with Gasteiger partial charge in [0, 0.05) is 38.3 Å². The Balaban J connectivity index is 1.76. The Bertz CT molecular complexity index is 684. The van der Waals surface area contributed by atoms with Crippen molar-refractivity contribution >= 4 is 5.91 Å². The number of nitrogens with zero attached hydrogens (tertiary/aromatic N) is 3. The second-order valence-electron chi connectivity index (χ2n) is 5.95. The van der Waals surface area contributed by atoms with Gasteiger partial charge in [-0.1, -0.05) is 17.7 Å². The van der Waals surface area contributed by atoms with Gasteiger partial charge >= 0.3 is 0 Å². The third kappa shape index (κ3) is 2.89. The average molecular weight is 301 g/mol. The quantitative estimate of drug-likeness (QED) is 0.874. The van der Waals surface area contributed by atoms with Crippen LogP contribution in [-0.2, 0) is 19.5 Å². The summed E-state index contributed by atoms with van der Waals surface area (Å²) in [4.78, 5) is 18.4. The fourth-order valence-electron chi connectivity index (χ4n) is 2.86. The minimum absolute atomic E-state index is 0.164. The number of hydrogen-bond acceptors (Lipinski definition) is 2. The third-order valence-electron chi connectivity index (χ3n) is 4.08. The molecule has 2 heterocycles. The number of aromatic nitrogens is 2. The summed E-state index contributed by atoms with van der Waals surface area (Å²) in [7, 11) is 1.68. The number of hydrogen-bond donors (Lipinski definition) is 0. The average Bonchev–Trinajstić information content (AvgIpc) is 2.94. The van der Waals surface area contributed by atoms with E-state index in [1.807, 2.05) is 13.1 Å². The van der Waals surface area contributed by atoms with Crippen LogP contribution in [0.25, 0.3) is 0 Å². The topological polar surface area (TPSA) is 38.1 Å². The SMILES string of the molecule is Cc1ccc(F)c(CN(C)C(=O)c2cn3c(n2)CCCC3)c1. The predicted octanol–water partition coefficient (Wildman–Crippen LogP) is 2.94. The van der Waals surface area contributed by atoms with E-state index in [1.165, 1.54) is 11.0 Å². The Morgan fingerprint density at radius 1 is 1.41 bits per heavy atom. The summed E-state index contributed by atoms with van der Waals surface area (Å²) in [5.41, 5.74) is 1.96. The van der Waals surface area contributed by atoms with E-state index >= 15 is 0 Å². The molecule has 0 radical (unpaired) electrons. The van der Waals surface area contributed by atoms with Crippen LogP contribution in [0.3, 0.4) is 0 Å². The zero-order valence-corrected chi connectivity index (χ0v) is 13.0. The Kier molecular flexibility index (Phi) is 3.96. The number of carbonyl (C=O) groups is 1. The Hall–Kier alpha value is -2.17. The Morgan fingerprint density at radius 2 is 2.23 bits per heavy atom. The molecule has 0 saturated heterocycles. The molecule has 3 rings (SSSR count). The van der Waals surface area contributed by atoms with E-state index in [2.05, 4.69) is 9.55 Å². The van der Waals surface area contributed by atoms with Gasteiger partial charge in [0.1, 0.15) is 17.3 Å². The van der Waals surface area contributed by atoms with Gasteiger partial charge in [0.25, 0.3) is 5.91 Å². The largest absolute Gasteiger partial charge is 0.336 e. The summed E-state index contributed by atoms with van der Waals surface area (Å²) in [5.74, 6) is 0.530. The molecule has 4 nitrogen and oxygen atoms in total. The lowest BCUT2D eigenvalue weighted by molar-refractivity contribution is 0.0778. The highest BCUT2D eigenvalue weighted by molar-refractivity contribution is 5.92. The molecule has 0 aliphatic carbocycles. The number of imidazole rings is 1. The molecule has 0 atom stereocenters. The minimum Gasteiger partial charge on any atom is -0.336 e. The predicted molar refractivity (Wildman–Crippen MR) is 82.1 cm³/mol. The van der Waals surface area contributed by atoms with Crippen molar-refractivity contribution in [1.82, 2.24) is 14.5 Å². The number of rotatable bonds is 3. The van der Waals surface area contributed by atoms with Gasteiger partial charge in [-0.15, -0.1) is 0 Å². The molecule has 5 heteroatoms. The summed E-state index contributed by atoms with van der Waals surface area (Å²) in [6.07, 6.45) is 4.99. The third-order valence-corrected chi connectivity index (χ3v) is 4.08. The molecule has 1 aromatic carbocycles. The van der Waals surface area contributed by atoms with Gasteiger partial charge < -0.3 is 9.47 Å². The molecule has 0 spiro atoms. The van der Waals surface area contributed by atoms with Crippen LogP contribution >= 0.6 is 0 Å². The first-order chi connectivity index (χ1) is 10.5. The number of halogens is 1. The van der Waals surface area contributed by atoms with E-state index in [4.69, 9.17) is 0 Å². The molecule has 0 bridgehead atoms. The number of amides is 1. The van der Waals surface area contributed by atoms with Gasteiger partial charge in [0.05, 0.1) is 0 Å². The summed E-state index contributed by atoms with van der Waals surface area (Å²) >= 11 is 0. The van der Waals surface area contributed by atoms with E-state index in [9.17, 15) is 9.18 Å². The van der Waals surface area contributed by atoms with Crippen LogP contribution in [0.4, 0.5) is 4.39 Å². The van der Waals surface area contributed by atoms with Crippen LogP contribution < -0.4 is 0 Å². The van der Waals surface area contributed by atoms with Crippen LogP contribution in [-0.4, -0.2) is 27.4 Å². The van der Waals surface area contributed by atoms with Crippen LogP contribution in [0.5, 0.6) is 0 Å². The minimum atomic E-state index is -0.283. The Morgan fingerprint density at radius 3 is 3.00 bits per heavy atom. The second kappa shape index (κ2) is 5.91. The lowest BCUT2D eigenvalue weighted by Gasteiger charge is -2.16. The molecule has 0 N–H and O–H groups in total. The first-order valence-corrected chi connectivity index (χ1v) is 7.61. The summed E-state index contributed by atoms with van der Waals surface area (Å²) in [6, 6.07) is 4.94. The van der Waals surface area contributed by atoms with Crippen molar-refractivity contribution in [1.29, 1.82) is 0 Å². The fraction of sp³-hybridized carbons (Fsp3) is 0.412. The van der Waals surface area contributed by atoms with Crippen LogP contribution in [0.15, 0.2) is 24.4 Å². The molecule has 0 fully saturated rings. The molecule has 1 aliphatic heterocycles. The van der Waals surface area contributed by atoms with E-state index in [0.29, 0.717) is 11.3 Å². The highest BCUT2D eigenvalue weighted by atomic mass is 19.1. The first kappa shape index (κ1) is 14.8. The maximum absolute atomic E-state index is 13.8. The summed E-state index contributed by atoms with van der Waals surface area (Å²) in [5, 5.41) is 0. The van der Waals surface area contributed by atoms with Crippen molar-refractivity contribution in [2.45, 2.75) is 39.3 Å². The van der Waals surface area contributed by atoms with E-state index in [1.54, 1.807) is 19.2 Å². The molecule has 22 heavy (non-hydrogen) atoms. The maximum Gasteiger partial charge on any atom is 0.274 e. The smallest absolute Gasteiger partial charge is 0.274 e. The van der Waals surface area contributed by atoms with Gasteiger partial charge in [-0.3, -0.25) is 4.79 Å². The van der Waals surface area contributed by atoms with Gasteiger partial charge in [-0.2, -0.15) is 0 Å². The molecule has 116 valence electrons. The zero-order valence-electron chi connectivity index (χ0n) is 13.0. The number of benzene rings is 1. The molecular weight excluding hydrogens is 281 g/mol. The van der Waals surface area contributed by atoms with Crippen LogP contribution in [0.1, 0.15) is 40.3 Å². The van der Waals surface area contributed by atoms with Crippen molar-refractivity contribution < 1.29 is 9.18 Å². The van der Waals surface area contributed by atoms with Gasteiger partial charge in [-0.05, 0) is 25.8 Å². The molecule has 2 aromatic rings. The fourth-order valence-corrected chi connectivity index (χ4v) is 2.86. The summed E-state index contributed by atoms with van der Waals surface area (Å²) in [6.45, 7) is 3.08. The van der Waals surface area contributed by atoms with Crippen molar-refractivity contribution in [2.24, 2.45) is 0 Å². The van der Waals surface area contributed by atoms with Crippen molar-refractivity contribution in [3.63, 3.8) is 0 Å². The maximum atomic E-state index is 13.8. The van der Waals surface area contributed by atoms with Crippen molar-refractivity contribution in [3.05, 3.63) is 52.9 Å². The molecule has 1 aromatic heterocycles. The standard InChI is InChI=1S/C17H20FN3O/c1-12-6-7-14(18)13(9-12)10-20(2)17(22)15-11-21-8-4-3-5-16(21)19-15/h6-7,9,11H,3-5,8,10H2,1-2H3. The Labute approximate surface area is 129 Å². The van der Waals surface area contributed by atoms with Crippen LogP contribution in [0, 0.1) is 12.7 Å². The number of carbonyl (C=O) groups excluding carboxylic acids is 1. The van der Waals surface area contributed by atoms with Gasteiger partial charge in [0.2, 0.25) is 0 Å². The molecule has 1 amide bonds. The molecule has 0 saturated carbocycles. The highest BCUT2D eigenvalue weighted by Crippen LogP contribution is 2.17. The van der Waals surface area contributed by atoms with Crippen LogP contribution in [0.2, 0.25) is 0 Å². The highest BCUT2D eigenvalue weighted by Gasteiger charge is 2.20. The monoisotopic (exact) mass is 301 g/mol. The lowest BCUT2D eigenvalue weighted by Crippen LogP contribution is -2.27. The number of fused-ring (bicyclic) bond motifs is 1. The normalized spacial score (nSPS) is 13.8. The molecule has 1 aliphatic rings. The van der Waals surface area contributed by atoms with E-state index < -0.39 is 0 Å². The lowest BCUT2D eigenvalue weighted by atomic mass is 10.1. The zero-order chi connectivity index (χ0) is 15.7. The van der Waals surface area contributed by atoms with Gasteiger partial charge in [0.15, 0.2) is 0 Å². The van der Waals surface area contributed by atoms with Crippen molar-refractivity contribution in [3.8, 4) is 0 Å². The van der Waals surface area contributed by atoms with E-state index in [0.717, 1.165) is 37.2 Å². The second-order valence-corrected chi connectivity index (χ2v) is 5.95. The first-order valence-electron chi connectivity index (χ1n) is 7.61. The van der Waals surface area contributed by atoms with Crippen molar-refractivity contribution in [2.75, 3.05) is 7.05 Å². The molecular formula is C17H20FN3O. The number of aryl methyl sites for hydroxylation is 3. The van der Waals surface area contributed by atoms with E-state index in [-0.39, 0.29) is 18.3 Å².